The Morgan fingerprint density at radius 2 is 2.21 bits per heavy atom. The summed E-state index contributed by atoms with van der Waals surface area (Å²) < 4.78 is 1.72. The van der Waals surface area contributed by atoms with Gasteiger partial charge in [0.2, 0.25) is 5.91 Å². The van der Waals surface area contributed by atoms with Crippen molar-refractivity contribution in [2.45, 2.75) is 12.8 Å². The highest BCUT2D eigenvalue weighted by molar-refractivity contribution is 7.16. The van der Waals surface area contributed by atoms with E-state index in [1.807, 2.05) is 30.6 Å². The van der Waals surface area contributed by atoms with E-state index in [2.05, 4.69) is 36.6 Å². The van der Waals surface area contributed by atoms with Crippen molar-refractivity contribution in [3.05, 3.63) is 36.0 Å². The number of piperidine rings is 1. The molecule has 0 radical (unpaired) electrons. The van der Waals surface area contributed by atoms with Gasteiger partial charge in [-0.25, -0.2) is 14.6 Å². The summed E-state index contributed by atoms with van der Waals surface area (Å²) in [6, 6.07) is 7.73. The molecule has 1 amide bonds. The lowest BCUT2D eigenvalue weighted by molar-refractivity contribution is -0.120. The van der Waals surface area contributed by atoms with Gasteiger partial charge in [-0.1, -0.05) is 5.21 Å². The Balaban J connectivity index is 1.34. The zero-order valence-electron chi connectivity index (χ0n) is 15.4. The van der Waals surface area contributed by atoms with E-state index in [0.29, 0.717) is 6.54 Å². The van der Waals surface area contributed by atoms with E-state index >= 15 is 0 Å². The predicted octanol–water partition coefficient (Wildman–Crippen LogP) is 2.83. The molecule has 1 N–H and O–H groups in total. The van der Waals surface area contributed by atoms with Gasteiger partial charge < -0.3 is 10.2 Å². The normalized spacial score (nSPS) is 17.3. The molecular weight excluding hydrogens is 374 g/mol. The molecule has 1 atom stereocenters. The summed E-state index contributed by atoms with van der Waals surface area (Å²) in [6.07, 6.45) is 3.43. The Bertz CT molecular complexity index is 1170. The van der Waals surface area contributed by atoms with Crippen LogP contribution in [-0.4, -0.2) is 44.0 Å². The third-order valence-corrected chi connectivity index (χ3v) is 6.03. The van der Waals surface area contributed by atoms with Crippen LogP contribution in [0.2, 0.25) is 0 Å². The zero-order chi connectivity index (χ0) is 19.1. The van der Waals surface area contributed by atoms with E-state index in [1.165, 1.54) is 0 Å². The molecule has 1 fully saturated rings. The molecule has 9 heteroatoms. The van der Waals surface area contributed by atoms with Gasteiger partial charge in [-0.15, -0.1) is 16.4 Å². The first-order valence-corrected chi connectivity index (χ1v) is 10.1. The van der Waals surface area contributed by atoms with Gasteiger partial charge in [0.25, 0.3) is 0 Å². The monoisotopic (exact) mass is 393 g/mol. The fourth-order valence-corrected chi connectivity index (χ4v) is 4.50. The van der Waals surface area contributed by atoms with Crippen LogP contribution in [0.5, 0.6) is 0 Å². The number of thiophene rings is 1. The first-order chi connectivity index (χ1) is 13.7. The van der Waals surface area contributed by atoms with Gasteiger partial charge in [0.05, 0.1) is 16.8 Å². The minimum atomic E-state index is -0.0880. The summed E-state index contributed by atoms with van der Waals surface area (Å²) in [4.78, 5) is 24.9. The molecule has 4 aromatic rings. The number of amides is 1. The van der Waals surface area contributed by atoms with Crippen molar-refractivity contribution in [3.8, 4) is 0 Å². The van der Waals surface area contributed by atoms with E-state index in [1.54, 1.807) is 22.3 Å². The van der Waals surface area contributed by atoms with Crippen molar-refractivity contribution >= 4 is 50.0 Å². The van der Waals surface area contributed by atoms with Gasteiger partial charge in [-0.2, -0.15) is 0 Å². The fraction of sp³-hybridized carbons (Fsp3) is 0.316. The molecule has 142 valence electrons. The second-order valence-electron chi connectivity index (χ2n) is 7.03. The molecule has 0 spiro atoms. The number of nitrogens with one attached hydrogen (secondary N) is 1. The lowest BCUT2D eigenvalue weighted by Crippen LogP contribution is -2.41. The van der Waals surface area contributed by atoms with Crippen molar-refractivity contribution in [1.29, 1.82) is 0 Å². The summed E-state index contributed by atoms with van der Waals surface area (Å²) in [6.45, 7) is 1.55. The zero-order valence-corrected chi connectivity index (χ0v) is 16.2. The number of aromatic nitrogens is 5. The van der Waals surface area contributed by atoms with Crippen molar-refractivity contribution in [1.82, 2.24) is 25.0 Å². The van der Waals surface area contributed by atoms with Gasteiger partial charge >= 0.3 is 0 Å². The number of carbonyl (C=O) groups excluding carboxylic acids is 1. The predicted molar refractivity (Wildman–Crippen MR) is 109 cm³/mol. The number of carbonyl (C=O) groups is 1. The topological polar surface area (TPSA) is 88.8 Å². The molecule has 3 aromatic heterocycles. The van der Waals surface area contributed by atoms with E-state index < -0.39 is 0 Å². The number of hydrogen-bond acceptors (Lipinski definition) is 7. The summed E-state index contributed by atoms with van der Waals surface area (Å²) in [5, 5.41) is 14.2. The smallest absolute Gasteiger partial charge is 0.229 e. The standard InChI is InChI=1S/C19H19N7OS/c1-25-16-5-4-13(9-15(16)23-24-25)22-18(27)12-3-2-7-26(10-12)17-14-6-8-28-19(14)21-11-20-17/h4-6,8-9,11-12H,2-3,7,10H2,1H3,(H,22,27). The van der Waals surface area contributed by atoms with Crippen LogP contribution in [0.3, 0.4) is 0 Å². The maximum Gasteiger partial charge on any atom is 0.229 e. The Hall–Kier alpha value is -3.07. The third kappa shape index (κ3) is 2.97. The van der Waals surface area contributed by atoms with Crippen molar-refractivity contribution < 1.29 is 4.79 Å². The Morgan fingerprint density at radius 1 is 1.29 bits per heavy atom. The van der Waals surface area contributed by atoms with E-state index in [-0.39, 0.29) is 11.8 Å². The quantitative estimate of drug-likeness (QED) is 0.576. The maximum absolute atomic E-state index is 12.9. The molecule has 0 saturated carbocycles. The highest BCUT2D eigenvalue weighted by Crippen LogP contribution is 2.30. The Labute approximate surface area is 165 Å². The molecule has 1 saturated heterocycles. The number of nitrogens with zero attached hydrogens (tertiary/aromatic N) is 6. The highest BCUT2D eigenvalue weighted by atomic mass is 32.1. The van der Waals surface area contributed by atoms with Crippen LogP contribution >= 0.6 is 11.3 Å². The maximum atomic E-state index is 12.9. The van der Waals surface area contributed by atoms with Gasteiger partial charge in [0, 0.05) is 25.8 Å². The fourth-order valence-electron chi connectivity index (χ4n) is 3.78. The Morgan fingerprint density at radius 3 is 3.14 bits per heavy atom. The van der Waals surface area contributed by atoms with Crippen molar-refractivity contribution in [2.75, 3.05) is 23.3 Å². The van der Waals surface area contributed by atoms with Crippen LogP contribution in [0, 0.1) is 5.92 Å². The van der Waals surface area contributed by atoms with E-state index in [0.717, 1.165) is 52.1 Å². The number of benzene rings is 1. The van der Waals surface area contributed by atoms with Crippen LogP contribution in [0.1, 0.15) is 12.8 Å². The molecule has 28 heavy (non-hydrogen) atoms. The molecule has 1 aliphatic heterocycles. The lowest BCUT2D eigenvalue weighted by atomic mass is 9.97. The molecule has 4 heterocycles. The molecule has 0 aliphatic carbocycles. The number of hydrogen-bond donors (Lipinski definition) is 1. The third-order valence-electron chi connectivity index (χ3n) is 5.21. The Kier molecular flexibility index (Phi) is 4.16. The largest absolute Gasteiger partial charge is 0.355 e. The summed E-state index contributed by atoms with van der Waals surface area (Å²) in [7, 11) is 1.85. The van der Waals surface area contributed by atoms with Crippen LogP contribution in [0.25, 0.3) is 21.3 Å². The molecule has 5 rings (SSSR count). The SMILES string of the molecule is Cn1nnc2cc(NC(=O)C3CCCN(c4ncnc5sccc45)C3)ccc21. The van der Waals surface area contributed by atoms with Gasteiger partial charge in [0.1, 0.15) is 22.5 Å². The number of aryl methyl sites for hydroxylation is 1. The molecule has 1 unspecified atom stereocenters. The summed E-state index contributed by atoms with van der Waals surface area (Å²) >= 11 is 1.61. The molecule has 1 aromatic carbocycles. The second kappa shape index (κ2) is 6.83. The molecule has 0 bridgehead atoms. The van der Waals surface area contributed by atoms with Crippen LogP contribution in [-0.2, 0) is 11.8 Å². The average molecular weight is 393 g/mol. The van der Waals surface area contributed by atoms with Crippen LogP contribution in [0.4, 0.5) is 11.5 Å². The molecule has 8 nitrogen and oxygen atoms in total. The summed E-state index contributed by atoms with van der Waals surface area (Å²) in [5.74, 6) is 0.864. The first-order valence-electron chi connectivity index (χ1n) is 9.22. The van der Waals surface area contributed by atoms with Crippen LogP contribution < -0.4 is 10.2 Å². The summed E-state index contributed by atoms with van der Waals surface area (Å²) in [5.41, 5.74) is 2.45. The molecular formula is C19H19N7OS. The minimum absolute atomic E-state index is 0.0311. The van der Waals surface area contributed by atoms with Crippen LogP contribution in [0.15, 0.2) is 36.0 Å². The van der Waals surface area contributed by atoms with Gasteiger partial charge in [-0.3, -0.25) is 4.79 Å². The highest BCUT2D eigenvalue weighted by Gasteiger charge is 2.27. The van der Waals surface area contributed by atoms with Crippen molar-refractivity contribution in [3.63, 3.8) is 0 Å². The number of rotatable bonds is 3. The lowest BCUT2D eigenvalue weighted by Gasteiger charge is -2.33. The van der Waals surface area contributed by atoms with Gasteiger partial charge in [0.15, 0.2) is 0 Å². The van der Waals surface area contributed by atoms with Gasteiger partial charge in [-0.05, 0) is 42.5 Å². The first kappa shape index (κ1) is 17.1. The number of anilines is 2. The number of fused-ring (bicyclic) bond motifs is 2. The average Bonchev–Trinajstić information content (AvgIpc) is 3.34. The molecule has 1 aliphatic rings. The van der Waals surface area contributed by atoms with E-state index in [4.69, 9.17) is 0 Å². The minimum Gasteiger partial charge on any atom is -0.355 e. The second-order valence-corrected chi connectivity index (χ2v) is 7.92. The van der Waals surface area contributed by atoms with Crippen molar-refractivity contribution in [2.24, 2.45) is 13.0 Å². The van der Waals surface area contributed by atoms with E-state index in [9.17, 15) is 4.79 Å².